The van der Waals surface area contributed by atoms with Crippen molar-refractivity contribution in [3.05, 3.63) is 47.5 Å². The van der Waals surface area contributed by atoms with Gasteiger partial charge in [-0.05, 0) is 24.1 Å². The number of halogens is 1. The van der Waals surface area contributed by atoms with Gasteiger partial charge in [-0.3, -0.25) is 0 Å². The van der Waals surface area contributed by atoms with Gasteiger partial charge in [-0.25, -0.2) is 4.99 Å². The van der Waals surface area contributed by atoms with Crippen LogP contribution in [0.1, 0.15) is 17.9 Å². The fourth-order valence-corrected chi connectivity index (χ4v) is 1.96. The molecule has 0 aliphatic heterocycles. The van der Waals surface area contributed by atoms with Gasteiger partial charge in [0, 0.05) is 17.0 Å². The van der Waals surface area contributed by atoms with Crippen LogP contribution in [0.25, 0.3) is 0 Å². The number of hydrogen-bond donors (Lipinski definition) is 2. The second-order valence-corrected chi connectivity index (χ2v) is 4.60. The molecule has 1 aliphatic rings. The van der Waals surface area contributed by atoms with Crippen LogP contribution in [-0.2, 0) is 0 Å². The number of nitrogens with zero attached hydrogens (tertiary/aromatic N) is 1. The van der Waals surface area contributed by atoms with Crippen molar-refractivity contribution in [2.45, 2.75) is 18.4 Å². The number of nitrogens with one attached hydrogen (secondary N) is 1. The molecule has 3 N–H and O–H groups in total. The van der Waals surface area contributed by atoms with Gasteiger partial charge in [0.05, 0.1) is 6.54 Å². The molecule has 2 rings (SSSR count). The highest BCUT2D eigenvalue weighted by Gasteiger charge is 2.38. The van der Waals surface area contributed by atoms with Gasteiger partial charge in [-0.2, -0.15) is 0 Å². The second kappa shape index (κ2) is 5.23. The Morgan fingerprint density at radius 3 is 2.88 bits per heavy atom. The number of hydrogen-bond acceptors (Lipinski definition) is 1. The molecule has 1 fully saturated rings. The molecule has 0 aromatic heterocycles. The Morgan fingerprint density at radius 2 is 2.24 bits per heavy atom. The Balaban J connectivity index is 1.88. The predicted octanol–water partition coefficient (Wildman–Crippen LogP) is 2.29. The number of guanidine groups is 1. The zero-order valence-electron chi connectivity index (χ0n) is 9.57. The van der Waals surface area contributed by atoms with Gasteiger partial charge in [0.15, 0.2) is 5.96 Å². The molecule has 3 nitrogen and oxygen atoms in total. The Kier molecular flexibility index (Phi) is 3.69. The maximum absolute atomic E-state index is 5.85. The summed E-state index contributed by atoms with van der Waals surface area (Å²) in [5, 5.41) is 3.97. The maximum atomic E-state index is 5.85. The Labute approximate surface area is 106 Å². The van der Waals surface area contributed by atoms with Gasteiger partial charge in [0.25, 0.3) is 0 Å². The standard InChI is InChI=1S/C13H16ClN3/c1-2-7-16-13(15)17-12-8-11(12)9-3-5-10(14)6-4-9/h2-6,11-12H,1,7-8H2,(H3,15,16,17)/t11-,12+/m0/s1. The molecule has 1 aromatic carbocycles. The van der Waals surface area contributed by atoms with Crippen LogP contribution in [0, 0.1) is 0 Å². The lowest BCUT2D eigenvalue weighted by molar-refractivity contribution is 0.854. The van der Waals surface area contributed by atoms with Gasteiger partial charge in [0.2, 0.25) is 0 Å². The molecule has 0 saturated heterocycles. The van der Waals surface area contributed by atoms with Gasteiger partial charge < -0.3 is 11.1 Å². The van der Waals surface area contributed by atoms with E-state index in [-0.39, 0.29) is 0 Å². The van der Waals surface area contributed by atoms with Crippen LogP contribution in [0.15, 0.2) is 41.9 Å². The molecule has 1 aliphatic carbocycles. The van der Waals surface area contributed by atoms with E-state index in [1.807, 2.05) is 12.1 Å². The van der Waals surface area contributed by atoms with E-state index >= 15 is 0 Å². The van der Waals surface area contributed by atoms with E-state index in [0.29, 0.717) is 24.5 Å². The Bertz CT molecular complexity index is 425. The van der Waals surface area contributed by atoms with Crippen LogP contribution in [0.3, 0.4) is 0 Å². The zero-order chi connectivity index (χ0) is 12.3. The Morgan fingerprint density at radius 1 is 1.53 bits per heavy atom. The van der Waals surface area contributed by atoms with Crippen molar-refractivity contribution in [1.82, 2.24) is 5.32 Å². The summed E-state index contributed by atoms with van der Waals surface area (Å²) in [7, 11) is 0. The van der Waals surface area contributed by atoms with E-state index in [1.54, 1.807) is 6.08 Å². The first-order valence-electron chi connectivity index (χ1n) is 5.63. The molecule has 1 saturated carbocycles. The third-order valence-corrected chi connectivity index (χ3v) is 3.06. The summed E-state index contributed by atoms with van der Waals surface area (Å²) >= 11 is 5.85. The molecule has 90 valence electrons. The SMILES string of the molecule is C=CCN=C(N)N[C@@H]1C[C@H]1c1ccc(Cl)cc1. The smallest absolute Gasteiger partial charge is 0.189 e. The second-order valence-electron chi connectivity index (χ2n) is 4.16. The molecular formula is C13H16ClN3. The monoisotopic (exact) mass is 249 g/mol. The van der Waals surface area contributed by atoms with Crippen LogP contribution in [-0.4, -0.2) is 18.5 Å². The molecule has 0 bridgehead atoms. The fourth-order valence-electron chi connectivity index (χ4n) is 1.83. The van der Waals surface area contributed by atoms with E-state index < -0.39 is 0 Å². The number of aliphatic imine (C=N–C) groups is 1. The highest BCUT2D eigenvalue weighted by molar-refractivity contribution is 6.30. The van der Waals surface area contributed by atoms with E-state index in [0.717, 1.165) is 11.4 Å². The number of nitrogens with two attached hydrogens (primary N) is 1. The Hall–Kier alpha value is -1.48. The molecule has 0 heterocycles. The number of benzene rings is 1. The van der Waals surface area contributed by atoms with Gasteiger partial charge >= 0.3 is 0 Å². The maximum Gasteiger partial charge on any atom is 0.189 e. The summed E-state index contributed by atoms with van der Waals surface area (Å²) in [5.74, 6) is 1.01. The van der Waals surface area contributed by atoms with Gasteiger partial charge in [0.1, 0.15) is 0 Å². The van der Waals surface area contributed by atoms with Crippen molar-refractivity contribution < 1.29 is 0 Å². The highest BCUT2D eigenvalue weighted by Crippen LogP contribution is 2.40. The lowest BCUT2D eigenvalue weighted by Crippen LogP contribution is -2.34. The summed E-state index contributed by atoms with van der Waals surface area (Å²) in [6.45, 7) is 4.15. The van der Waals surface area contributed by atoms with Crippen molar-refractivity contribution >= 4 is 17.6 Å². The first-order chi connectivity index (χ1) is 8.20. The molecule has 4 heteroatoms. The lowest BCUT2D eigenvalue weighted by atomic mass is 10.1. The lowest BCUT2D eigenvalue weighted by Gasteiger charge is -2.04. The van der Waals surface area contributed by atoms with E-state index in [9.17, 15) is 0 Å². The van der Waals surface area contributed by atoms with Crippen molar-refractivity contribution in [2.24, 2.45) is 10.7 Å². The van der Waals surface area contributed by atoms with Crippen molar-refractivity contribution in [1.29, 1.82) is 0 Å². The minimum Gasteiger partial charge on any atom is -0.370 e. The first kappa shape index (κ1) is 12.0. The molecule has 2 atom stereocenters. The molecule has 0 spiro atoms. The van der Waals surface area contributed by atoms with Crippen molar-refractivity contribution in [3.8, 4) is 0 Å². The van der Waals surface area contributed by atoms with E-state index in [2.05, 4.69) is 29.0 Å². The topological polar surface area (TPSA) is 50.4 Å². The predicted molar refractivity (Wildman–Crippen MR) is 72.4 cm³/mol. The van der Waals surface area contributed by atoms with Crippen LogP contribution in [0.5, 0.6) is 0 Å². The van der Waals surface area contributed by atoms with Gasteiger partial charge in [-0.1, -0.05) is 29.8 Å². The van der Waals surface area contributed by atoms with Crippen molar-refractivity contribution in [2.75, 3.05) is 6.54 Å². The molecule has 0 amide bonds. The summed E-state index contributed by atoms with van der Waals surface area (Å²) in [4.78, 5) is 4.11. The average molecular weight is 250 g/mol. The first-order valence-corrected chi connectivity index (χ1v) is 6.01. The van der Waals surface area contributed by atoms with Crippen LogP contribution < -0.4 is 11.1 Å². The van der Waals surface area contributed by atoms with Gasteiger partial charge in [-0.15, -0.1) is 6.58 Å². The third kappa shape index (κ3) is 3.24. The average Bonchev–Trinajstić information content (AvgIpc) is 3.06. The zero-order valence-corrected chi connectivity index (χ0v) is 10.3. The van der Waals surface area contributed by atoms with E-state index in [4.69, 9.17) is 17.3 Å². The molecular weight excluding hydrogens is 234 g/mol. The van der Waals surface area contributed by atoms with E-state index in [1.165, 1.54) is 5.56 Å². The third-order valence-electron chi connectivity index (χ3n) is 2.81. The fraction of sp³-hybridized carbons (Fsp3) is 0.308. The molecule has 0 radical (unpaired) electrons. The minimum absolute atomic E-state index is 0.393. The normalized spacial score (nSPS) is 23.2. The molecule has 1 aromatic rings. The molecule has 17 heavy (non-hydrogen) atoms. The number of rotatable bonds is 4. The summed E-state index contributed by atoms with van der Waals surface area (Å²) in [6, 6.07) is 8.35. The van der Waals surface area contributed by atoms with Crippen LogP contribution in [0.4, 0.5) is 0 Å². The minimum atomic E-state index is 0.393. The van der Waals surface area contributed by atoms with Crippen LogP contribution >= 0.6 is 11.6 Å². The summed E-state index contributed by atoms with van der Waals surface area (Å²) in [5.41, 5.74) is 7.03. The quantitative estimate of drug-likeness (QED) is 0.489. The summed E-state index contributed by atoms with van der Waals surface area (Å²) in [6.07, 6.45) is 2.81. The largest absolute Gasteiger partial charge is 0.370 e. The molecule has 0 unspecified atom stereocenters. The summed E-state index contributed by atoms with van der Waals surface area (Å²) < 4.78 is 0. The highest BCUT2D eigenvalue weighted by atomic mass is 35.5. The van der Waals surface area contributed by atoms with Crippen molar-refractivity contribution in [3.63, 3.8) is 0 Å². The van der Waals surface area contributed by atoms with Crippen LogP contribution in [0.2, 0.25) is 5.02 Å².